The van der Waals surface area contributed by atoms with Crippen LogP contribution >= 0.6 is 24.8 Å². The van der Waals surface area contributed by atoms with Crippen molar-refractivity contribution >= 4 is 30.7 Å². The Morgan fingerprint density at radius 3 is 2.57 bits per heavy atom. The normalized spacial score (nSPS) is 24.8. The summed E-state index contributed by atoms with van der Waals surface area (Å²) in [5.74, 6) is 0.118. The molecule has 3 rings (SSSR count). The van der Waals surface area contributed by atoms with Crippen LogP contribution in [0.3, 0.4) is 0 Å². The van der Waals surface area contributed by atoms with Crippen LogP contribution in [-0.4, -0.2) is 65.8 Å². The maximum Gasteiger partial charge on any atom is 0.251 e. The molecule has 2 fully saturated rings. The summed E-state index contributed by atoms with van der Waals surface area (Å²) in [4.78, 5) is 16.6. The fourth-order valence-corrected chi connectivity index (χ4v) is 2.94. The van der Waals surface area contributed by atoms with Crippen LogP contribution in [0.1, 0.15) is 18.5 Å². The Labute approximate surface area is 148 Å². The van der Waals surface area contributed by atoms with Crippen LogP contribution in [0.15, 0.2) is 16.9 Å². The van der Waals surface area contributed by atoms with Crippen LogP contribution in [0.25, 0.3) is 0 Å². The molecule has 0 bridgehead atoms. The minimum Gasteiger partial charge on any atom is -0.364 e. The zero-order chi connectivity index (χ0) is 14.7. The van der Waals surface area contributed by atoms with Crippen molar-refractivity contribution in [3.05, 3.63) is 18.0 Å². The first-order valence-corrected chi connectivity index (χ1v) is 7.52. The fraction of sp³-hybridized carbons (Fsp3) is 0.714. The third kappa shape index (κ3) is 5.06. The minimum atomic E-state index is -0.291. The Hall–Kier alpha value is -0.860. The van der Waals surface area contributed by atoms with E-state index in [9.17, 15) is 4.79 Å². The molecular formula is C14H24Cl2N4O3. The van der Waals surface area contributed by atoms with Gasteiger partial charge in [0.2, 0.25) is 0 Å². The lowest BCUT2D eigenvalue weighted by molar-refractivity contribution is -0.144. The first-order valence-electron chi connectivity index (χ1n) is 7.52. The van der Waals surface area contributed by atoms with Crippen molar-refractivity contribution in [2.75, 3.05) is 32.7 Å². The molecular weight excluding hydrogens is 343 g/mol. The number of hydrogen-bond donors (Lipinski definition) is 1. The average molecular weight is 367 g/mol. The van der Waals surface area contributed by atoms with Gasteiger partial charge in [-0.15, -0.1) is 24.8 Å². The Bertz CT molecular complexity index is 467. The number of nitrogens with two attached hydrogens (primary N) is 1. The number of amides is 1. The lowest BCUT2D eigenvalue weighted by Gasteiger charge is -2.35. The van der Waals surface area contributed by atoms with Crippen LogP contribution in [-0.2, 0) is 16.1 Å². The van der Waals surface area contributed by atoms with Crippen molar-refractivity contribution in [3.63, 3.8) is 0 Å². The number of carbonyl (C=O) groups is 1. The van der Waals surface area contributed by atoms with Crippen LogP contribution in [0.4, 0.5) is 0 Å². The zero-order valence-electron chi connectivity index (χ0n) is 12.9. The van der Waals surface area contributed by atoms with E-state index in [0.29, 0.717) is 6.54 Å². The molecule has 9 heteroatoms. The summed E-state index contributed by atoms with van der Waals surface area (Å²) >= 11 is 0. The van der Waals surface area contributed by atoms with Gasteiger partial charge in [0.05, 0.1) is 11.8 Å². The van der Waals surface area contributed by atoms with Gasteiger partial charge in [-0.3, -0.25) is 9.69 Å². The van der Waals surface area contributed by atoms with Crippen LogP contribution in [0.5, 0.6) is 0 Å². The lowest BCUT2D eigenvalue weighted by Crippen LogP contribution is -2.51. The Balaban J connectivity index is 0.00000132. The van der Waals surface area contributed by atoms with Gasteiger partial charge >= 0.3 is 0 Å². The summed E-state index contributed by atoms with van der Waals surface area (Å²) in [6.45, 7) is 4.45. The number of halogens is 2. The molecule has 0 saturated carbocycles. The summed E-state index contributed by atoms with van der Waals surface area (Å²) in [6, 6.07) is 1.87. The first kappa shape index (κ1) is 20.2. The van der Waals surface area contributed by atoms with Crippen molar-refractivity contribution in [2.24, 2.45) is 5.73 Å². The molecule has 2 aliphatic heterocycles. The topological polar surface area (TPSA) is 84.8 Å². The second kappa shape index (κ2) is 9.44. The number of piperazine rings is 1. The van der Waals surface area contributed by atoms with Gasteiger partial charge in [0.1, 0.15) is 12.4 Å². The number of nitrogens with zero attached hydrogens (tertiary/aromatic N) is 3. The van der Waals surface area contributed by atoms with Gasteiger partial charge < -0.3 is 19.9 Å². The molecule has 0 aromatic carbocycles. The molecule has 2 aliphatic rings. The summed E-state index contributed by atoms with van der Waals surface area (Å²) in [5.41, 5.74) is 6.52. The van der Waals surface area contributed by atoms with Crippen LogP contribution in [0, 0.1) is 0 Å². The van der Waals surface area contributed by atoms with Gasteiger partial charge in [0, 0.05) is 45.3 Å². The molecule has 2 N–H and O–H groups in total. The second-order valence-corrected chi connectivity index (χ2v) is 5.65. The van der Waals surface area contributed by atoms with E-state index in [1.807, 2.05) is 11.0 Å². The standard InChI is InChI=1S/C14H22N4O3.2ClH/c15-9-12-1-2-13(21-12)14(19)18-6-4-17(5-7-18)10-11-3-8-20-16-11;;/h3,8,12-13H,1-2,4-7,9-10,15H2;2*1H/t12-,13+;;/m1../s1. The zero-order valence-corrected chi connectivity index (χ0v) is 14.6. The van der Waals surface area contributed by atoms with E-state index < -0.39 is 0 Å². The van der Waals surface area contributed by atoms with Crippen molar-refractivity contribution in [1.82, 2.24) is 15.0 Å². The summed E-state index contributed by atoms with van der Waals surface area (Å²) < 4.78 is 10.5. The van der Waals surface area contributed by atoms with Gasteiger partial charge in [-0.1, -0.05) is 5.16 Å². The third-order valence-electron chi connectivity index (χ3n) is 4.21. The van der Waals surface area contributed by atoms with Gasteiger partial charge in [-0.05, 0) is 12.8 Å². The van der Waals surface area contributed by atoms with E-state index in [1.54, 1.807) is 6.26 Å². The van der Waals surface area contributed by atoms with Crippen LogP contribution < -0.4 is 5.73 Å². The molecule has 0 unspecified atom stereocenters. The summed E-state index contributed by atoms with van der Waals surface area (Å²) in [7, 11) is 0. The monoisotopic (exact) mass is 366 g/mol. The maximum absolute atomic E-state index is 12.4. The smallest absolute Gasteiger partial charge is 0.251 e. The SMILES string of the molecule is Cl.Cl.NC[C@H]1CC[C@@H](C(=O)N2CCN(Cc3ccon3)CC2)O1. The second-order valence-electron chi connectivity index (χ2n) is 5.65. The van der Waals surface area contributed by atoms with Crippen molar-refractivity contribution in [1.29, 1.82) is 0 Å². The molecule has 0 spiro atoms. The number of rotatable bonds is 4. The van der Waals surface area contributed by atoms with E-state index in [-0.39, 0.29) is 42.9 Å². The van der Waals surface area contributed by atoms with Gasteiger partial charge in [-0.2, -0.15) is 0 Å². The summed E-state index contributed by atoms with van der Waals surface area (Å²) in [6.07, 6.45) is 3.02. The van der Waals surface area contributed by atoms with E-state index in [0.717, 1.165) is 51.3 Å². The highest BCUT2D eigenvalue weighted by Gasteiger charge is 2.34. The quantitative estimate of drug-likeness (QED) is 0.842. The van der Waals surface area contributed by atoms with Crippen molar-refractivity contribution < 1.29 is 14.1 Å². The Morgan fingerprint density at radius 1 is 1.26 bits per heavy atom. The Morgan fingerprint density at radius 2 is 2.00 bits per heavy atom. The molecule has 0 aliphatic carbocycles. The van der Waals surface area contributed by atoms with Crippen LogP contribution in [0.2, 0.25) is 0 Å². The molecule has 0 radical (unpaired) electrons. The summed E-state index contributed by atoms with van der Waals surface area (Å²) in [5, 5.41) is 3.92. The lowest BCUT2D eigenvalue weighted by atomic mass is 10.1. The molecule has 2 atom stereocenters. The van der Waals surface area contributed by atoms with Crippen molar-refractivity contribution in [3.8, 4) is 0 Å². The molecule has 1 aromatic heterocycles. The van der Waals surface area contributed by atoms with E-state index >= 15 is 0 Å². The van der Waals surface area contributed by atoms with Gasteiger partial charge in [0.25, 0.3) is 5.91 Å². The third-order valence-corrected chi connectivity index (χ3v) is 4.21. The number of carbonyl (C=O) groups excluding carboxylic acids is 1. The number of ether oxygens (including phenoxy) is 1. The molecule has 3 heterocycles. The predicted molar refractivity (Wildman–Crippen MR) is 89.8 cm³/mol. The number of hydrogen-bond acceptors (Lipinski definition) is 6. The van der Waals surface area contributed by atoms with Gasteiger partial charge in [0.15, 0.2) is 0 Å². The molecule has 2 saturated heterocycles. The van der Waals surface area contributed by atoms with Crippen molar-refractivity contribution in [2.45, 2.75) is 31.6 Å². The van der Waals surface area contributed by atoms with E-state index in [1.165, 1.54) is 0 Å². The average Bonchev–Trinajstić information content (AvgIpc) is 3.18. The molecule has 132 valence electrons. The highest BCUT2D eigenvalue weighted by atomic mass is 35.5. The molecule has 1 amide bonds. The highest BCUT2D eigenvalue weighted by Crippen LogP contribution is 2.21. The minimum absolute atomic E-state index is 0. The van der Waals surface area contributed by atoms with E-state index in [2.05, 4.69) is 10.1 Å². The predicted octanol–water partition coefficient (Wildman–Crippen LogP) is 0.669. The molecule has 23 heavy (non-hydrogen) atoms. The molecule has 7 nitrogen and oxygen atoms in total. The first-order chi connectivity index (χ1) is 10.3. The van der Waals surface area contributed by atoms with E-state index in [4.69, 9.17) is 15.0 Å². The Kier molecular flexibility index (Phi) is 8.28. The maximum atomic E-state index is 12.4. The molecule has 1 aromatic rings. The fourth-order valence-electron chi connectivity index (χ4n) is 2.94. The largest absolute Gasteiger partial charge is 0.364 e. The van der Waals surface area contributed by atoms with Gasteiger partial charge in [-0.25, -0.2) is 0 Å². The highest BCUT2D eigenvalue weighted by molar-refractivity contribution is 5.85. The number of aromatic nitrogens is 1.